The van der Waals surface area contributed by atoms with Crippen LogP contribution in [0, 0.1) is 5.41 Å². The van der Waals surface area contributed by atoms with Crippen molar-refractivity contribution in [3.8, 4) is 5.75 Å². The first kappa shape index (κ1) is 15.3. The molecule has 3 rings (SSSR count). The quantitative estimate of drug-likeness (QED) is 0.848. The van der Waals surface area contributed by atoms with E-state index in [2.05, 4.69) is 34.2 Å². The molecule has 2 fully saturated rings. The van der Waals surface area contributed by atoms with Gasteiger partial charge in [-0.05, 0) is 56.4 Å². The van der Waals surface area contributed by atoms with Crippen LogP contribution in [0.15, 0.2) is 22.7 Å². The van der Waals surface area contributed by atoms with Crippen molar-refractivity contribution in [1.82, 2.24) is 5.32 Å². The molecule has 2 atom stereocenters. The summed E-state index contributed by atoms with van der Waals surface area (Å²) in [5.74, 6) is 0.975. The molecule has 0 aromatic heterocycles. The van der Waals surface area contributed by atoms with E-state index < -0.39 is 0 Å². The number of ether oxygens (including phenoxy) is 2. The molecule has 1 saturated carbocycles. The van der Waals surface area contributed by atoms with E-state index in [-0.39, 0.29) is 11.5 Å². The maximum atomic E-state index is 5.90. The molecule has 1 aliphatic carbocycles. The monoisotopic (exact) mass is 353 g/mol. The highest BCUT2D eigenvalue weighted by molar-refractivity contribution is 9.10. The van der Waals surface area contributed by atoms with Crippen LogP contribution in [0.4, 0.5) is 0 Å². The van der Waals surface area contributed by atoms with Gasteiger partial charge in [-0.2, -0.15) is 0 Å². The first-order chi connectivity index (χ1) is 10.1. The van der Waals surface area contributed by atoms with Gasteiger partial charge in [-0.15, -0.1) is 0 Å². The molecule has 2 unspecified atom stereocenters. The van der Waals surface area contributed by atoms with Gasteiger partial charge in [-0.1, -0.05) is 15.9 Å². The van der Waals surface area contributed by atoms with Crippen molar-refractivity contribution >= 4 is 15.9 Å². The standard InChI is InChI=1S/C17H24BrNO2/c1-12-17(7-8-21-12,11-19-15-4-5-15)10-13-9-14(18)3-6-16(13)20-2/h3,6,9,12,15,19H,4-5,7-8,10-11H2,1-2H3. The summed E-state index contributed by atoms with van der Waals surface area (Å²) < 4.78 is 12.6. The Balaban J connectivity index is 1.81. The number of hydrogen-bond acceptors (Lipinski definition) is 3. The topological polar surface area (TPSA) is 30.5 Å². The molecule has 0 bridgehead atoms. The van der Waals surface area contributed by atoms with E-state index in [4.69, 9.17) is 9.47 Å². The van der Waals surface area contributed by atoms with Gasteiger partial charge in [-0.25, -0.2) is 0 Å². The number of hydrogen-bond donors (Lipinski definition) is 1. The van der Waals surface area contributed by atoms with Crippen molar-refractivity contribution in [3.05, 3.63) is 28.2 Å². The van der Waals surface area contributed by atoms with Crippen LogP contribution in [0.5, 0.6) is 5.75 Å². The van der Waals surface area contributed by atoms with Crippen molar-refractivity contribution in [3.63, 3.8) is 0 Å². The average Bonchev–Trinajstić information content (AvgIpc) is 3.23. The zero-order valence-electron chi connectivity index (χ0n) is 12.8. The van der Waals surface area contributed by atoms with E-state index in [0.29, 0.717) is 0 Å². The SMILES string of the molecule is COc1ccc(Br)cc1CC1(CNC2CC2)CCOC1C. The molecule has 1 aromatic carbocycles. The molecule has 2 aliphatic rings. The summed E-state index contributed by atoms with van der Waals surface area (Å²) in [6, 6.07) is 7.00. The highest BCUT2D eigenvalue weighted by atomic mass is 79.9. The molecule has 116 valence electrons. The number of halogens is 1. The second-order valence-corrected chi connectivity index (χ2v) is 7.33. The van der Waals surface area contributed by atoms with Crippen LogP contribution < -0.4 is 10.1 Å². The second kappa shape index (κ2) is 6.27. The van der Waals surface area contributed by atoms with Crippen molar-refractivity contribution in [2.24, 2.45) is 5.41 Å². The predicted octanol–water partition coefficient (Wildman–Crippen LogP) is 3.55. The van der Waals surface area contributed by atoms with Gasteiger partial charge in [0.25, 0.3) is 0 Å². The molecular weight excluding hydrogens is 330 g/mol. The van der Waals surface area contributed by atoms with E-state index in [9.17, 15) is 0 Å². The lowest BCUT2D eigenvalue weighted by Crippen LogP contribution is -2.42. The number of benzene rings is 1. The molecule has 1 N–H and O–H groups in total. The minimum atomic E-state index is 0.177. The largest absolute Gasteiger partial charge is 0.496 e. The fourth-order valence-electron chi connectivity index (χ4n) is 3.25. The molecule has 0 radical (unpaired) electrons. The lowest BCUT2D eigenvalue weighted by Gasteiger charge is -2.33. The highest BCUT2D eigenvalue weighted by Crippen LogP contribution is 2.41. The van der Waals surface area contributed by atoms with Crippen molar-refractivity contribution < 1.29 is 9.47 Å². The van der Waals surface area contributed by atoms with Gasteiger partial charge in [0.05, 0.1) is 13.2 Å². The average molecular weight is 354 g/mol. The summed E-state index contributed by atoms with van der Waals surface area (Å²) in [6.45, 7) is 4.12. The van der Waals surface area contributed by atoms with Crippen molar-refractivity contribution in [2.75, 3.05) is 20.3 Å². The van der Waals surface area contributed by atoms with Crippen LogP contribution in [0.2, 0.25) is 0 Å². The predicted molar refractivity (Wildman–Crippen MR) is 87.9 cm³/mol. The fourth-order valence-corrected chi connectivity index (χ4v) is 3.65. The minimum absolute atomic E-state index is 0.177. The van der Waals surface area contributed by atoms with Crippen molar-refractivity contribution in [1.29, 1.82) is 0 Å². The Kier molecular flexibility index (Phi) is 4.57. The summed E-state index contributed by atoms with van der Waals surface area (Å²) in [6.07, 6.45) is 5.05. The lowest BCUT2D eigenvalue weighted by molar-refractivity contribution is 0.0625. The number of rotatable bonds is 6. The second-order valence-electron chi connectivity index (χ2n) is 6.41. The van der Waals surface area contributed by atoms with Gasteiger partial charge in [0.15, 0.2) is 0 Å². The summed E-state index contributed by atoms with van der Waals surface area (Å²) >= 11 is 3.58. The first-order valence-corrected chi connectivity index (χ1v) is 8.60. The van der Waals surface area contributed by atoms with Gasteiger partial charge >= 0.3 is 0 Å². The normalized spacial score (nSPS) is 28.8. The number of methoxy groups -OCH3 is 1. The lowest BCUT2D eigenvalue weighted by atomic mass is 9.76. The third-order valence-corrected chi connectivity index (χ3v) is 5.43. The Bertz CT molecular complexity index is 504. The number of nitrogens with one attached hydrogen (secondary N) is 1. The molecule has 4 heteroatoms. The van der Waals surface area contributed by atoms with Crippen LogP contribution in [0.1, 0.15) is 31.7 Å². The van der Waals surface area contributed by atoms with E-state index in [1.807, 2.05) is 12.1 Å². The van der Waals surface area contributed by atoms with E-state index in [1.165, 1.54) is 18.4 Å². The molecule has 0 spiro atoms. The Morgan fingerprint density at radius 1 is 1.43 bits per heavy atom. The molecule has 1 aromatic rings. The molecule has 1 heterocycles. The molecule has 1 saturated heterocycles. The van der Waals surface area contributed by atoms with Crippen molar-refractivity contribution in [2.45, 2.75) is 44.8 Å². The zero-order valence-corrected chi connectivity index (χ0v) is 14.4. The minimum Gasteiger partial charge on any atom is -0.496 e. The zero-order chi connectivity index (χ0) is 14.9. The van der Waals surface area contributed by atoms with E-state index >= 15 is 0 Å². The van der Waals surface area contributed by atoms with Crippen LogP contribution in [-0.4, -0.2) is 32.4 Å². The summed E-state index contributed by atoms with van der Waals surface area (Å²) in [7, 11) is 1.75. The van der Waals surface area contributed by atoms with Crippen LogP contribution >= 0.6 is 15.9 Å². The fraction of sp³-hybridized carbons (Fsp3) is 0.647. The third kappa shape index (κ3) is 3.43. The molecule has 1 aliphatic heterocycles. The Labute approximate surface area is 135 Å². The molecule has 0 amide bonds. The van der Waals surface area contributed by atoms with E-state index in [0.717, 1.165) is 42.3 Å². The maximum absolute atomic E-state index is 5.90. The van der Waals surface area contributed by atoms with E-state index in [1.54, 1.807) is 7.11 Å². The van der Waals surface area contributed by atoms with Gasteiger partial charge in [-0.3, -0.25) is 0 Å². The van der Waals surface area contributed by atoms with Crippen LogP contribution in [-0.2, 0) is 11.2 Å². The Morgan fingerprint density at radius 2 is 2.24 bits per heavy atom. The summed E-state index contributed by atoms with van der Waals surface area (Å²) in [5, 5.41) is 3.71. The summed E-state index contributed by atoms with van der Waals surface area (Å²) in [4.78, 5) is 0. The maximum Gasteiger partial charge on any atom is 0.122 e. The van der Waals surface area contributed by atoms with Crippen LogP contribution in [0.25, 0.3) is 0 Å². The van der Waals surface area contributed by atoms with Gasteiger partial charge in [0.2, 0.25) is 0 Å². The van der Waals surface area contributed by atoms with Gasteiger partial charge in [0, 0.05) is 29.1 Å². The Hall–Kier alpha value is -0.580. The van der Waals surface area contributed by atoms with Crippen LogP contribution in [0.3, 0.4) is 0 Å². The molecule has 21 heavy (non-hydrogen) atoms. The van der Waals surface area contributed by atoms with Gasteiger partial charge in [0.1, 0.15) is 5.75 Å². The smallest absolute Gasteiger partial charge is 0.122 e. The molecule has 3 nitrogen and oxygen atoms in total. The van der Waals surface area contributed by atoms with Gasteiger partial charge < -0.3 is 14.8 Å². The third-order valence-electron chi connectivity index (χ3n) is 4.94. The first-order valence-electron chi connectivity index (χ1n) is 7.80. The highest BCUT2D eigenvalue weighted by Gasteiger charge is 2.42. The molecular formula is C17H24BrNO2. The Morgan fingerprint density at radius 3 is 2.86 bits per heavy atom. The summed E-state index contributed by atoms with van der Waals surface area (Å²) in [5.41, 5.74) is 1.44.